The highest BCUT2D eigenvalue weighted by atomic mass is 15.2. The summed E-state index contributed by atoms with van der Waals surface area (Å²) >= 11 is 0. The van der Waals surface area contributed by atoms with Crippen molar-refractivity contribution in [3.05, 3.63) is 302 Å². The Morgan fingerprint density at radius 2 is 0.612 bits per heavy atom. The third-order valence-electron chi connectivity index (χ3n) is 22.9. The van der Waals surface area contributed by atoms with E-state index in [4.69, 9.17) is 9.97 Å². The van der Waals surface area contributed by atoms with Crippen LogP contribution in [0.25, 0.3) is 94.3 Å². The molecule has 0 N–H and O–H groups in total. The van der Waals surface area contributed by atoms with E-state index in [9.17, 15) is 0 Å². The first-order valence-corrected chi connectivity index (χ1v) is 35.1. The van der Waals surface area contributed by atoms with E-state index < -0.39 is 0 Å². The monoisotopic (exact) mass is 1260 g/mol. The molecule has 4 aliphatic rings. The van der Waals surface area contributed by atoms with Crippen LogP contribution in [0.4, 0.5) is 34.1 Å². The molecule has 474 valence electrons. The standard InChI is InChI=1S/C92H78BN5/c1-89(2)45-47-91(5,6)76-49-63(37-41-74(76)89)65-39-43-82-78(51-65)93-79-52-66(64-38-42-75-77(50-64)92(7,8)48-46-90(75,3)4)40-44-83(79)98(88-72(61-29-17-11-18-30-61)57-95-58-73(88)62-31-19-12-20-32-62)85-54-67(96-80-35-23-21-33-68(80)69-34-22-24-36-81(69)96)53-84(86(85)93)97(82)87-70(59-25-13-9-14-26-59)55-94-56-71(87)60-27-15-10-16-28-60/h9-44,49-58H,45-48H2,1-8H3. The minimum absolute atomic E-state index is 0.0186. The van der Waals surface area contributed by atoms with Crippen molar-refractivity contribution in [1.29, 1.82) is 0 Å². The molecule has 18 rings (SSSR count). The fourth-order valence-corrected chi connectivity index (χ4v) is 17.4. The molecule has 0 amide bonds. The summed E-state index contributed by atoms with van der Waals surface area (Å²) in [6, 6.07) is 96.5. The second kappa shape index (κ2) is 22.4. The van der Waals surface area contributed by atoms with Crippen LogP contribution in [-0.2, 0) is 21.7 Å². The van der Waals surface area contributed by atoms with Crippen molar-refractivity contribution < 1.29 is 0 Å². The lowest BCUT2D eigenvalue weighted by Crippen LogP contribution is -2.61. The fraction of sp³-hybridized carbons (Fsp3) is 0.174. The molecule has 11 aromatic carbocycles. The molecule has 3 aromatic heterocycles. The molecule has 14 aromatic rings. The van der Waals surface area contributed by atoms with Crippen molar-refractivity contribution in [1.82, 2.24) is 14.5 Å². The van der Waals surface area contributed by atoms with Crippen molar-refractivity contribution in [3.63, 3.8) is 0 Å². The summed E-state index contributed by atoms with van der Waals surface area (Å²) in [5.41, 5.74) is 33.0. The van der Waals surface area contributed by atoms with E-state index in [0.717, 1.165) is 121 Å². The average Bonchev–Trinajstić information content (AvgIpc) is 0.810. The molecule has 0 saturated heterocycles. The molecule has 2 aliphatic heterocycles. The zero-order valence-electron chi connectivity index (χ0n) is 57.2. The molecule has 0 fully saturated rings. The van der Waals surface area contributed by atoms with Crippen LogP contribution in [-0.4, -0.2) is 21.2 Å². The van der Waals surface area contributed by atoms with Gasteiger partial charge in [0.05, 0.1) is 28.1 Å². The number of hydrogen-bond acceptors (Lipinski definition) is 4. The average molecular weight is 1260 g/mol. The number of pyridine rings is 2. The van der Waals surface area contributed by atoms with Crippen LogP contribution in [0.15, 0.2) is 280 Å². The number of aromatic nitrogens is 3. The normalized spacial score (nSPS) is 15.9. The lowest BCUT2D eigenvalue weighted by Gasteiger charge is -2.46. The molecule has 5 heterocycles. The van der Waals surface area contributed by atoms with Gasteiger partial charge in [0.2, 0.25) is 0 Å². The number of nitrogens with zero attached hydrogens (tertiary/aromatic N) is 5. The number of fused-ring (bicyclic) bond motifs is 9. The third kappa shape index (κ3) is 9.42. The Hall–Kier alpha value is -10.8. The molecule has 5 nitrogen and oxygen atoms in total. The minimum Gasteiger partial charge on any atom is -0.310 e. The molecular formula is C92H78BN5. The van der Waals surface area contributed by atoms with E-state index in [0.29, 0.717) is 0 Å². The van der Waals surface area contributed by atoms with E-state index in [-0.39, 0.29) is 28.4 Å². The summed E-state index contributed by atoms with van der Waals surface area (Å²) in [4.78, 5) is 15.7. The second-order valence-electron chi connectivity index (χ2n) is 30.6. The Bertz CT molecular complexity index is 5080. The van der Waals surface area contributed by atoms with Gasteiger partial charge in [-0.3, -0.25) is 9.97 Å². The van der Waals surface area contributed by atoms with Gasteiger partial charge in [-0.25, -0.2) is 0 Å². The molecule has 0 radical (unpaired) electrons. The molecule has 98 heavy (non-hydrogen) atoms. The number of rotatable bonds is 9. The smallest absolute Gasteiger partial charge is 0.252 e. The van der Waals surface area contributed by atoms with Gasteiger partial charge in [-0.05, 0) is 167 Å². The van der Waals surface area contributed by atoms with Gasteiger partial charge in [-0.1, -0.05) is 274 Å². The summed E-state index contributed by atoms with van der Waals surface area (Å²) in [6.45, 7) is 19.3. The number of anilines is 6. The highest BCUT2D eigenvalue weighted by Gasteiger charge is 2.47. The van der Waals surface area contributed by atoms with Crippen molar-refractivity contribution in [2.24, 2.45) is 0 Å². The highest BCUT2D eigenvalue weighted by Crippen LogP contribution is 2.55. The SMILES string of the molecule is CC1(C)CCC(C)(C)c2cc(-c3ccc4c(c3)B3c5cc(-c6ccc7c(c6)C(C)(C)CCC7(C)C)ccc5N(c5c(-c6ccccc6)cncc5-c5ccccc5)c5cc(-n6c7ccccc7c7ccccc76)cc(c53)N4c3c(-c4ccccc4)cncc3-c3ccccc3)ccc21. The largest absolute Gasteiger partial charge is 0.310 e. The molecular weight excluding hydrogens is 1190 g/mol. The van der Waals surface area contributed by atoms with E-state index in [2.05, 4.69) is 349 Å². The first-order valence-electron chi connectivity index (χ1n) is 35.1. The van der Waals surface area contributed by atoms with Gasteiger partial charge in [0.15, 0.2) is 0 Å². The van der Waals surface area contributed by atoms with Gasteiger partial charge in [-0.15, -0.1) is 0 Å². The van der Waals surface area contributed by atoms with Crippen LogP contribution in [0.2, 0.25) is 0 Å². The zero-order chi connectivity index (χ0) is 66.4. The van der Waals surface area contributed by atoms with Crippen LogP contribution in [0.3, 0.4) is 0 Å². The van der Waals surface area contributed by atoms with E-state index in [1.807, 2.05) is 0 Å². The first-order chi connectivity index (χ1) is 47.6. The summed E-state index contributed by atoms with van der Waals surface area (Å²) in [6.07, 6.45) is 13.0. The number of benzene rings is 11. The third-order valence-corrected chi connectivity index (χ3v) is 22.9. The Labute approximate surface area is 576 Å². The highest BCUT2D eigenvalue weighted by molar-refractivity contribution is 7.00. The molecule has 6 heteroatoms. The lowest BCUT2D eigenvalue weighted by atomic mass is 9.33. The van der Waals surface area contributed by atoms with Gasteiger partial charge in [0.25, 0.3) is 6.71 Å². The Morgan fingerprint density at radius 3 is 0.980 bits per heavy atom. The lowest BCUT2D eigenvalue weighted by molar-refractivity contribution is 0.332. The quantitative estimate of drug-likeness (QED) is 0.135. The second-order valence-corrected chi connectivity index (χ2v) is 30.6. The van der Waals surface area contributed by atoms with Crippen molar-refractivity contribution in [2.45, 2.75) is 103 Å². The molecule has 2 aliphatic carbocycles. The summed E-state index contributed by atoms with van der Waals surface area (Å²) < 4.78 is 2.52. The fourth-order valence-electron chi connectivity index (χ4n) is 17.4. The van der Waals surface area contributed by atoms with Gasteiger partial charge < -0.3 is 14.4 Å². The van der Waals surface area contributed by atoms with Gasteiger partial charge in [0, 0.05) is 80.6 Å². The van der Waals surface area contributed by atoms with Crippen LogP contribution in [0, 0.1) is 0 Å². The predicted octanol–water partition coefficient (Wildman–Crippen LogP) is 22.4. The first kappa shape index (κ1) is 59.7. The zero-order valence-corrected chi connectivity index (χ0v) is 57.2. The van der Waals surface area contributed by atoms with Gasteiger partial charge in [-0.2, -0.15) is 0 Å². The van der Waals surface area contributed by atoms with Crippen LogP contribution < -0.4 is 26.2 Å². The minimum atomic E-state index is -0.269. The van der Waals surface area contributed by atoms with Crippen molar-refractivity contribution in [3.8, 4) is 72.4 Å². The Kier molecular flexibility index (Phi) is 13.6. The molecule has 0 spiro atoms. The number of para-hydroxylation sites is 2. The van der Waals surface area contributed by atoms with Gasteiger partial charge in [0.1, 0.15) is 0 Å². The van der Waals surface area contributed by atoms with E-state index in [1.54, 1.807) is 0 Å². The van der Waals surface area contributed by atoms with Crippen LogP contribution in [0.5, 0.6) is 0 Å². The Morgan fingerprint density at radius 1 is 0.296 bits per heavy atom. The number of hydrogen-bond donors (Lipinski definition) is 0. The predicted molar refractivity (Wildman–Crippen MR) is 414 cm³/mol. The van der Waals surface area contributed by atoms with E-state index >= 15 is 0 Å². The van der Waals surface area contributed by atoms with Crippen molar-refractivity contribution in [2.75, 3.05) is 9.80 Å². The van der Waals surface area contributed by atoms with Crippen molar-refractivity contribution >= 4 is 79.0 Å². The van der Waals surface area contributed by atoms with Crippen LogP contribution in [0.1, 0.15) is 103 Å². The molecule has 0 atom stereocenters. The topological polar surface area (TPSA) is 37.2 Å². The maximum Gasteiger partial charge on any atom is 0.252 e. The van der Waals surface area contributed by atoms with Gasteiger partial charge >= 0.3 is 0 Å². The summed E-state index contributed by atoms with van der Waals surface area (Å²) in [7, 11) is 0. The molecule has 0 bridgehead atoms. The molecule has 0 unspecified atom stereocenters. The van der Waals surface area contributed by atoms with E-state index in [1.165, 1.54) is 71.7 Å². The maximum absolute atomic E-state index is 5.20. The van der Waals surface area contributed by atoms with Crippen LogP contribution >= 0.6 is 0 Å². The summed E-state index contributed by atoms with van der Waals surface area (Å²) in [5.74, 6) is 0. The maximum atomic E-state index is 5.20. The summed E-state index contributed by atoms with van der Waals surface area (Å²) in [5, 5.41) is 2.41. The Balaban J connectivity index is 1.02. The molecule has 0 saturated carbocycles.